The molecule has 4 nitrogen and oxygen atoms in total. The Morgan fingerprint density at radius 3 is 2.73 bits per heavy atom. The second-order valence-electron chi connectivity index (χ2n) is 6.88. The molecule has 26 heavy (non-hydrogen) atoms. The van der Waals surface area contributed by atoms with E-state index in [0.29, 0.717) is 6.54 Å². The molecule has 0 bridgehead atoms. The number of fused-ring (bicyclic) bond motifs is 1. The van der Waals surface area contributed by atoms with Crippen molar-refractivity contribution in [2.75, 3.05) is 0 Å². The van der Waals surface area contributed by atoms with E-state index < -0.39 is 0 Å². The molecule has 1 amide bonds. The molecule has 0 saturated carbocycles. The second-order valence-corrected chi connectivity index (χ2v) is 8.01. The summed E-state index contributed by atoms with van der Waals surface area (Å²) in [7, 11) is 0. The monoisotopic (exact) mass is 367 g/mol. The number of carbonyl (C=O) groups excluding carboxylic acids is 1. The molecule has 2 heterocycles. The highest BCUT2D eigenvalue weighted by molar-refractivity contribution is 7.99. The molecule has 0 aliphatic heterocycles. The second kappa shape index (κ2) is 8.41. The third kappa shape index (κ3) is 4.67. The molecule has 0 aliphatic rings. The summed E-state index contributed by atoms with van der Waals surface area (Å²) in [5, 5.41) is 2.98. The Morgan fingerprint density at radius 2 is 2.00 bits per heavy atom. The highest BCUT2D eigenvalue weighted by atomic mass is 32.2. The van der Waals surface area contributed by atoms with Crippen molar-refractivity contribution in [2.45, 2.75) is 38.3 Å². The van der Waals surface area contributed by atoms with Gasteiger partial charge in [0.25, 0.3) is 0 Å². The van der Waals surface area contributed by atoms with Gasteiger partial charge >= 0.3 is 0 Å². The predicted octanol–water partition coefficient (Wildman–Crippen LogP) is 4.22. The molecule has 3 rings (SSSR count). The Bertz CT molecular complexity index is 873. The third-order valence-electron chi connectivity index (χ3n) is 4.25. The topological polar surface area (TPSA) is 46.4 Å². The fourth-order valence-electron chi connectivity index (χ4n) is 2.83. The molecule has 1 unspecified atom stereocenters. The number of hydrogen-bond acceptors (Lipinski definition) is 3. The predicted molar refractivity (Wildman–Crippen MR) is 108 cm³/mol. The summed E-state index contributed by atoms with van der Waals surface area (Å²) < 4.78 is 1.98. The molecule has 1 aromatic carbocycles. The SMILES string of the molecule is Cc1ccn2cc(CNC(=O)C(SCc3ccccc3)C(C)C)nc2c1. The maximum Gasteiger partial charge on any atom is 0.233 e. The van der Waals surface area contributed by atoms with Crippen molar-refractivity contribution in [2.24, 2.45) is 5.92 Å². The van der Waals surface area contributed by atoms with Gasteiger partial charge in [-0.3, -0.25) is 4.79 Å². The minimum absolute atomic E-state index is 0.0746. The van der Waals surface area contributed by atoms with Gasteiger partial charge in [-0.1, -0.05) is 44.2 Å². The van der Waals surface area contributed by atoms with E-state index in [-0.39, 0.29) is 17.1 Å². The Labute approximate surface area is 159 Å². The molecule has 5 heteroatoms. The van der Waals surface area contributed by atoms with E-state index in [1.807, 2.05) is 54.0 Å². The van der Waals surface area contributed by atoms with Crippen molar-refractivity contribution in [3.63, 3.8) is 0 Å². The summed E-state index contributed by atoms with van der Waals surface area (Å²) in [4.78, 5) is 17.3. The van der Waals surface area contributed by atoms with Crippen LogP contribution in [0.2, 0.25) is 0 Å². The number of carbonyl (C=O) groups is 1. The molecular weight excluding hydrogens is 342 g/mol. The molecule has 0 saturated heterocycles. The summed E-state index contributed by atoms with van der Waals surface area (Å²) in [6.07, 6.45) is 3.96. The summed E-state index contributed by atoms with van der Waals surface area (Å²) in [6, 6.07) is 14.4. The Balaban J connectivity index is 1.60. The zero-order valence-corrected chi connectivity index (χ0v) is 16.3. The Morgan fingerprint density at radius 1 is 1.23 bits per heavy atom. The highest BCUT2D eigenvalue weighted by Gasteiger charge is 2.22. The minimum Gasteiger partial charge on any atom is -0.349 e. The van der Waals surface area contributed by atoms with Crippen molar-refractivity contribution in [3.8, 4) is 0 Å². The summed E-state index contributed by atoms with van der Waals surface area (Å²) in [6.45, 7) is 6.69. The summed E-state index contributed by atoms with van der Waals surface area (Å²) in [5.74, 6) is 1.19. The summed E-state index contributed by atoms with van der Waals surface area (Å²) in [5.41, 5.74) is 4.20. The van der Waals surface area contributed by atoms with Crippen LogP contribution in [0.15, 0.2) is 54.9 Å². The molecule has 2 aromatic heterocycles. The van der Waals surface area contributed by atoms with Gasteiger partial charge in [0.15, 0.2) is 0 Å². The first-order valence-electron chi connectivity index (χ1n) is 8.90. The van der Waals surface area contributed by atoms with E-state index in [9.17, 15) is 4.79 Å². The number of imidazole rings is 1. The zero-order valence-electron chi connectivity index (χ0n) is 15.5. The van der Waals surface area contributed by atoms with E-state index in [2.05, 4.69) is 36.3 Å². The Kier molecular flexibility index (Phi) is 5.99. The first-order chi connectivity index (χ1) is 12.5. The lowest BCUT2D eigenvalue weighted by Gasteiger charge is -2.19. The van der Waals surface area contributed by atoms with E-state index in [0.717, 1.165) is 17.1 Å². The quantitative estimate of drug-likeness (QED) is 0.680. The normalized spacial score (nSPS) is 12.5. The van der Waals surface area contributed by atoms with Crippen LogP contribution in [-0.4, -0.2) is 20.5 Å². The van der Waals surface area contributed by atoms with Gasteiger partial charge in [-0.2, -0.15) is 0 Å². The van der Waals surface area contributed by atoms with Crippen LogP contribution in [0.5, 0.6) is 0 Å². The molecule has 0 radical (unpaired) electrons. The molecule has 0 spiro atoms. The van der Waals surface area contributed by atoms with Gasteiger partial charge in [-0.25, -0.2) is 4.98 Å². The van der Waals surface area contributed by atoms with Crippen LogP contribution in [0.1, 0.15) is 30.7 Å². The van der Waals surface area contributed by atoms with Crippen LogP contribution >= 0.6 is 11.8 Å². The Hall–Kier alpha value is -2.27. The average Bonchev–Trinajstić information content (AvgIpc) is 3.02. The average molecular weight is 368 g/mol. The van der Waals surface area contributed by atoms with Gasteiger partial charge in [-0.15, -0.1) is 11.8 Å². The minimum atomic E-state index is -0.0746. The molecule has 136 valence electrons. The number of amides is 1. The van der Waals surface area contributed by atoms with Gasteiger partial charge in [0.2, 0.25) is 5.91 Å². The van der Waals surface area contributed by atoms with Gasteiger partial charge in [0, 0.05) is 18.1 Å². The molecule has 1 atom stereocenters. The number of aryl methyl sites for hydroxylation is 1. The third-order valence-corrected chi connectivity index (χ3v) is 5.86. The fourth-order valence-corrected chi connectivity index (χ4v) is 4.01. The van der Waals surface area contributed by atoms with Crippen LogP contribution in [0.4, 0.5) is 0 Å². The number of aromatic nitrogens is 2. The molecule has 0 fully saturated rings. The van der Waals surface area contributed by atoms with Crippen LogP contribution < -0.4 is 5.32 Å². The maximum absolute atomic E-state index is 12.7. The lowest BCUT2D eigenvalue weighted by molar-refractivity contribution is -0.121. The van der Waals surface area contributed by atoms with Crippen molar-refractivity contribution < 1.29 is 4.79 Å². The number of nitrogens with zero attached hydrogens (tertiary/aromatic N) is 2. The van der Waals surface area contributed by atoms with Crippen LogP contribution in [0.3, 0.4) is 0 Å². The number of benzene rings is 1. The van der Waals surface area contributed by atoms with Crippen molar-refractivity contribution in [3.05, 3.63) is 71.7 Å². The number of nitrogens with one attached hydrogen (secondary N) is 1. The van der Waals surface area contributed by atoms with Crippen molar-refractivity contribution in [1.82, 2.24) is 14.7 Å². The lowest BCUT2D eigenvalue weighted by Crippen LogP contribution is -2.35. The molecule has 0 aliphatic carbocycles. The number of thioether (sulfide) groups is 1. The number of rotatable bonds is 7. The fraction of sp³-hybridized carbons (Fsp3) is 0.333. The van der Waals surface area contributed by atoms with Gasteiger partial charge in [0.1, 0.15) is 5.65 Å². The smallest absolute Gasteiger partial charge is 0.233 e. The van der Waals surface area contributed by atoms with Crippen LogP contribution in [0.25, 0.3) is 5.65 Å². The van der Waals surface area contributed by atoms with Crippen LogP contribution in [0, 0.1) is 12.8 Å². The van der Waals surface area contributed by atoms with E-state index in [1.54, 1.807) is 11.8 Å². The highest BCUT2D eigenvalue weighted by Crippen LogP contribution is 2.24. The molecule has 3 aromatic rings. The van der Waals surface area contributed by atoms with Gasteiger partial charge in [-0.05, 0) is 36.1 Å². The standard InChI is InChI=1S/C21H25N3OS/c1-15(2)20(26-14-17-7-5-4-6-8-17)21(25)22-12-18-13-24-10-9-16(3)11-19(24)23-18/h4-11,13,15,20H,12,14H2,1-3H3,(H,22,25). The first-order valence-corrected chi connectivity index (χ1v) is 9.95. The first kappa shape index (κ1) is 18.5. The zero-order chi connectivity index (χ0) is 18.5. The van der Waals surface area contributed by atoms with Gasteiger partial charge in [0.05, 0.1) is 17.5 Å². The van der Waals surface area contributed by atoms with Gasteiger partial charge < -0.3 is 9.72 Å². The van der Waals surface area contributed by atoms with E-state index >= 15 is 0 Å². The lowest BCUT2D eigenvalue weighted by atomic mass is 10.1. The number of pyridine rings is 1. The maximum atomic E-state index is 12.7. The summed E-state index contributed by atoms with van der Waals surface area (Å²) >= 11 is 1.70. The molecular formula is C21H25N3OS. The van der Waals surface area contributed by atoms with Crippen LogP contribution in [-0.2, 0) is 17.1 Å². The largest absolute Gasteiger partial charge is 0.349 e. The number of hydrogen-bond donors (Lipinski definition) is 1. The molecule has 1 N–H and O–H groups in total. The van der Waals surface area contributed by atoms with E-state index in [4.69, 9.17) is 0 Å². The van der Waals surface area contributed by atoms with E-state index in [1.165, 1.54) is 11.1 Å². The van der Waals surface area contributed by atoms with Crippen molar-refractivity contribution in [1.29, 1.82) is 0 Å². The van der Waals surface area contributed by atoms with Crippen molar-refractivity contribution >= 4 is 23.3 Å².